The van der Waals surface area contributed by atoms with Gasteiger partial charge < -0.3 is 4.42 Å². The van der Waals surface area contributed by atoms with E-state index in [0.29, 0.717) is 0 Å². The van der Waals surface area contributed by atoms with Gasteiger partial charge in [0.05, 0.1) is 0 Å². The van der Waals surface area contributed by atoms with Crippen LogP contribution >= 0.6 is 19.8 Å². The van der Waals surface area contributed by atoms with Crippen molar-refractivity contribution in [1.29, 1.82) is 0 Å². The third-order valence-corrected chi connectivity index (χ3v) is 15.6. The van der Waals surface area contributed by atoms with E-state index in [2.05, 4.69) is 170 Å². The summed E-state index contributed by atoms with van der Waals surface area (Å²) in [5, 5.41) is 4.64. The number of nitrogens with zero attached hydrogens (tertiary/aromatic N) is 1. The molecule has 0 bridgehead atoms. The Labute approximate surface area is 297 Å². The minimum atomic E-state index is -1.89. The van der Waals surface area contributed by atoms with Crippen molar-refractivity contribution in [1.82, 2.24) is 0 Å². The number of para-hydroxylation sites is 1. The molecule has 0 N–H and O–H groups in total. The van der Waals surface area contributed by atoms with Crippen molar-refractivity contribution in [3.05, 3.63) is 195 Å². The molecule has 50 heavy (non-hydrogen) atoms. The zero-order valence-electron chi connectivity index (χ0n) is 27.1. The van der Waals surface area contributed by atoms with Crippen molar-refractivity contribution < 1.29 is 4.42 Å². The van der Waals surface area contributed by atoms with Crippen LogP contribution in [0, 0.1) is 7.14 Å². The van der Waals surface area contributed by atoms with Crippen molar-refractivity contribution in [2.45, 2.75) is 0 Å². The van der Waals surface area contributed by atoms with Crippen LogP contribution in [0.25, 0.3) is 66.1 Å². The SMILES string of the molecule is c1ccc(C2=Nc3cc(-c4ccc(-c5ccc(-c6cc7c8ccccc8oc7c7ccccc67)cc5)cc4)ccc3I2c2ccccc2)cc1. The predicted octanol–water partition coefficient (Wildman–Crippen LogP) is 13.4. The monoisotopic (exact) mass is 751 g/mol. The molecule has 1 aliphatic rings. The first-order valence-corrected chi connectivity index (χ1v) is 20.1. The van der Waals surface area contributed by atoms with Crippen LogP contribution in [0.4, 0.5) is 5.69 Å². The molecule has 0 amide bonds. The molecular weight excluding hydrogens is 721 g/mol. The van der Waals surface area contributed by atoms with Crippen LogP contribution in [0.3, 0.4) is 0 Å². The first kappa shape index (κ1) is 29.2. The van der Waals surface area contributed by atoms with Gasteiger partial charge in [0.15, 0.2) is 0 Å². The van der Waals surface area contributed by atoms with Crippen LogP contribution in [0.2, 0.25) is 0 Å². The Hall–Kier alpha value is -5.78. The summed E-state index contributed by atoms with van der Waals surface area (Å²) in [6.07, 6.45) is 0. The zero-order chi connectivity index (χ0) is 33.0. The molecule has 0 saturated carbocycles. The molecule has 2 nitrogen and oxygen atoms in total. The minimum absolute atomic E-state index is 0.923. The molecule has 9 aromatic rings. The quantitative estimate of drug-likeness (QED) is 0.161. The number of hydrogen-bond acceptors (Lipinski definition) is 2. The number of fused-ring (bicyclic) bond motifs is 6. The summed E-state index contributed by atoms with van der Waals surface area (Å²) in [6.45, 7) is 0. The van der Waals surface area contributed by atoms with Gasteiger partial charge in [0.1, 0.15) is 11.2 Å². The molecule has 0 fully saturated rings. The van der Waals surface area contributed by atoms with E-state index in [4.69, 9.17) is 9.41 Å². The van der Waals surface area contributed by atoms with Gasteiger partial charge in [-0.3, -0.25) is 0 Å². The molecule has 10 rings (SSSR count). The molecule has 3 heteroatoms. The second kappa shape index (κ2) is 12.0. The molecule has 0 atom stereocenters. The van der Waals surface area contributed by atoms with Gasteiger partial charge in [0.25, 0.3) is 0 Å². The summed E-state index contributed by atoms with van der Waals surface area (Å²) in [7, 11) is 0. The normalized spacial score (nSPS) is 13.2. The van der Waals surface area contributed by atoms with E-state index in [9.17, 15) is 0 Å². The first-order chi connectivity index (χ1) is 24.8. The van der Waals surface area contributed by atoms with Gasteiger partial charge >= 0.3 is 202 Å². The van der Waals surface area contributed by atoms with Crippen LogP contribution in [0.15, 0.2) is 191 Å². The molecule has 236 valence electrons. The van der Waals surface area contributed by atoms with E-state index >= 15 is 0 Å². The summed E-state index contributed by atoms with van der Waals surface area (Å²) in [6, 6.07) is 65.6. The average molecular weight is 752 g/mol. The van der Waals surface area contributed by atoms with E-state index in [1.165, 1.54) is 55.2 Å². The standard InChI is InChI=1S/C47H30INO/c1-3-11-35(12-4-1)47-48(37-13-5-2-6-14-37)43-28-27-36(29-44(43)49-47)33-21-19-31(20-22-33)32-23-25-34(26-24-32)41-30-42-39-16-9-10-18-45(39)50-46(42)40-17-8-7-15-38(40)41/h1-30H. The molecule has 8 aromatic carbocycles. The Morgan fingerprint density at radius 1 is 0.400 bits per heavy atom. The third kappa shape index (κ3) is 4.88. The van der Waals surface area contributed by atoms with Gasteiger partial charge in [-0.15, -0.1) is 0 Å². The van der Waals surface area contributed by atoms with Crippen LogP contribution in [0.5, 0.6) is 0 Å². The van der Waals surface area contributed by atoms with E-state index in [1.54, 1.807) is 0 Å². The van der Waals surface area contributed by atoms with E-state index in [-0.39, 0.29) is 0 Å². The van der Waals surface area contributed by atoms with Crippen LogP contribution in [-0.4, -0.2) is 3.72 Å². The van der Waals surface area contributed by atoms with Crippen molar-refractivity contribution in [3.8, 4) is 33.4 Å². The van der Waals surface area contributed by atoms with Crippen LogP contribution < -0.4 is 0 Å². The Morgan fingerprint density at radius 3 is 1.68 bits per heavy atom. The van der Waals surface area contributed by atoms with Crippen molar-refractivity contribution in [3.63, 3.8) is 0 Å². The summed E-state index contributed by atoms with van der Waals surface area (Å²) in [4.78, 5) is 5.29. The predicted molar refractivity (Wildman–Crippen MR) is 218 cm³/mol. The Morgan fingerprint density at radius 2 is 0.960 bits per heavy atom. The maximum absolute atomic E-state index is 6.34. The molecule has 1 aliphatic heterocycles. The first-order valence-electron chi connectivity index (χ1n) is 16.9. The fourth-order valence-electron chi connectivity index (χ4n) is 7.18. The van der Waals surface area contributed by atoms with Crippen molar-refractivity contribution in [2.75, 3.05) is 0 Å². The molecule has 0 radical (unpaired) electrons. The molecule has 0 saturated heterocycles. The fraction of sp³-hybridized carbons (Fsp3) is 0. The Balaban J connectivity index is 0.971. The molecule has 0 spiro atoms. The number of halogens is 1. The number of aliphatic imine (C=N–C) groups is 1. The summed E-state index contributed by atoms with van der Waals surface area (Å²) < 4.78 is 10.4. The third-order valence-electron chi connectivity index (χ3n) is 9.64. The van der Waals surface area contributed by atoms with Crippen LogP contribution in [0.1, 0.15) is 5.56 Å². The van der Waals surface area contributed by atoms with Gasteiger partial charge in [-0.05, 0) is 23.1 Å². The van der Waals surface area contributed by atoms with E-state index < -0.39 is 19.8 Å². The molecule has 0 aliphatic carbocycles. The molecule has 2 heterocycles. The van der Waals surface area contributed by atoms with Crippen molar-refractivity contribution in [2.24, 2.45) is 4.99 Å². The molecule has 0 unspecified atom stereocenters. The fourth-order valence-corrected chi connectivity index (χ4v) is 13.0. The van der Waals surface area contributed by atoms with Gasteiger partial charge in [-0.2, -0.15) is 0 Å². The molecular formula is C47H30INO. The van der Waals surface area contributed by atoms with Crippen molar-refractivity contribution >= 4 is 61.9 Å². The number of hydrogen-bond donors (Lipinski definition) is 0. The second-order valence-electron chi connectivity index (χ2n) is 12.6. The average Bonchev–Trinajstić information content (AvgIpc) is 3.77. The zero-order valence-corrected chi connectivity index (χ0v) is 29.2. The summed E-state index contributed by atoms with van der Waals surface area (Å²) >= 11 is -1.89. The summed E-state index contributed by atoms with van der Waals surface area (Å²) in [5.41, 5.74) is 11.4. The van der Waals surface area contributed by atoms with Crippen LogP contribution in [-0.2, 0) is 0 Å². The summed E-state index contributed by atoms with van der Waals surface area (Å²) in [5.74, 6) is 0. The molecule has 1 aromatic heterocycles. The maximum atomic E-state index is 6.34. The Kier molecular flexibility index (Phi) is 6.98. The number of rotatable bonds is 5. The second-order valence-corrected chi connectivity index (χ2v) is 17.7. The topological polar surface area (TPSA) is 25.5 Å². The van der Waals surface area contributed by atoms with Gasteiger partial charge in [-0.1, -0.05) is 42.5 Å². The number of benzene rings is 8. The van der Waals surface area contributed by atoms with E-state index in [1.807, 2.05) is 12.1 Å². The van der Waals surface area contributed by atoms with Gasteiger partial charge in [-0.25, -0.2) is 0 Å². The number of furan rings is 1. The van der Waals surface area contributed by atoms with Gasteiger partial charge in [0.2, 0.25) is 0 Å². The van der Waals surface area contributed by atoms with E-state index in [0.717, 1.165) is 33.0 Å². The Bertz CT molecular complexity index is 2730. The van der Waals surface area contributed by atoms with Gasteiger partial charge in [0, 0.05) is 16.2 Å².